The molecule has 230 valence electrons. The predicted molar refractivity (Wildman–Crippen MR) is 170 cm³/mol. The molecule has 1 heterocycles. The number of benzene rings is 4. The number of ether oxygens (including phenoxy) is 5. The van der Waals surface area contributed by atoms with Crippen molar-refractivity contribution in [3.05, 3.63) is 106 Å². The summed E-state index contributed by atoms with van der Waals surface area (Å²) in [4.78, 5) is 38.6. The zero-order valence-electron chi connectivity index (χ0n) is 24.3. The second-order valence-electron chi connectivity index (χ2n) is 9.40. The molecule has 45 heavy (non-hydrogen) atoms. The van der Waals surface area contributed by atoms with Gasteiger partial charge in [-0.2, -0.15) is 5.10 Å². The van der Waals surface area contributed by atoms with Crippen molar-refractivity contribution in [2.75, 3.05) is 25.3 Å². The van der Waals surface area contributed by atoms with Gasteiger partial charge in [0.2, 0.25) is 6.79 Å². The van der Waals surface area contributed by atoms with Crippen LogP contribution < -0.4 is 34.4 Å². The van der Waals surface area contributed by atoms with Crippen molar-refractivity contribution in [2.24, 2.45) is 5.10 Å². The number of carbonyl (C=O) groups is 3. The van der Waals surface area contributed by atoms with E-state index in [-0.39, 0.29) is 29.6 Å². The van der Waals surface area contributed by atoms with Crippen molar-refractivity contribution < 1.29 is 38.1 Å². The van der Waals surface area contributed by atoms with Gasteiger partial charge in [0.25, 0.3) is 11.8 Å². The number of hydrogen-bond donors (Lipinski definition) is 2. The molecule has 2 amide bonds. The monoisotopic (exact) mass is 673 g/mol. The number of anilines is 1. The van der Waals surface area contributed by atoms with Crippen molar-refractivity contribution in [2.45, 2.75) is 13.8 Å². The van der Waals surface area contributed by atoms with Gasteiger partial charge in [0.05, 0.1) is 25.0 Å². The van der Waals surface area contributed by atoms with Gasteiger partial charge in [-0.05, 0) is 86.6 Å². The summed E-state index contributed by atoms with van der Waals surface area (Å²) in [6, 6.07) is 21.1. The molecule has 0 atom stereocenters. The van der Waals surface area contributed by atoms with Crippen LogP contribution in [0.5, 0.6) is 28.7 Å². The number of rotatable bonds is 11. The van der Waals surface area contributed by atoms with Crippen LogP contribution in [0.1, 0.15) is 50.5 Å². The Balaban J connectivity index is 1.23. The van der Waals surface area contributed by atoms with Crippen LogP contribution in [0.4, 0.5) is 5.69 Å². The maximum absolute atomic E-state index is 12.9. The molecule has 0 spiro atoms. The lowest BCUT2D eigenvalue weighted by atomic mass is 10.1. The second-order valence-corrected chi connectivity index (χ2v) is 10.3. The molecule has 4 aromatic rings. The van der Waals surface area contributed by atoms with Gasteiger partial charge in [-0.1, -0.05) is 22.0 Å². The second kappa shape index (κ2) is 14.4. The molecule has 12 heteroatoms. The Kier molecular flexibility index (Phi) is 9.95. The molecule has 0 unspecified atom stereocenters. The van der Waals surface area contributed by atoms with E-state index in [9.17, 15) is 14.4 Å². The van der Waals surface area contributed by atoms with Crippen molar-refractivity contribution in [3.63, 3.8) is 0 Å². The van der Waals surface area contributed by atoms with Crippen LogP contribution in [0.15, 0.2) is 88.4 Å². The highest BCUT2D eigenvalue weighted by Crippen LogP contribution is 2.33. The van der Waals surface area contributed by atoms with Gasteiger partial charge >= 0.3 is 5.97 Å². The minimum absolute atomic E-state index is 0.0886. The highest BCUT2D eigenvalue weighted by molar-refractivity contribution is 9.10. The van der Waals surface area contributed by atoms with Crippen LogP contribution in [0.2, 0.25) is 0 Å². The minimum atomic E-state index is -0.604. The lowest BCUT2D eigenvalue weighted by Gasteiger charge is -2.12. The van der Waals surface area contributed by atoms with Gasteiger partial charge in [-0.15, -0.1) is 0 Å². The standard InChI is InChI=1S/C33H28BrN3O8/c1-3-41-27-11-8-21(16-29(27)42-4-2)31(38)36-25-7-5-6-20(15-25)32(39)37-35-18-23-14-24(34)10-13-26(23)45-33(40)22-9-12-28-30(17-22)44-19-43-28/h5-18H,3-4,19H2,1-2H3,(H,36,38)(H,37,39). The molecular formula is C33H28BrN3O8. The topological polar surface area (TPSA) is 134 Å². The summed E-state index contributed by atoms with van der Waals surface area (Å²) in [5, 5.41) is 6.84. The van der Waals surface area contributed by atoms with E-state index in [1.807, 2.05) is 13.8 Å². The summed E-state index contributed by atoms with van der Waals surface area (Å²) in [5.74, 6) is 0.749. The Morgan fingerprint density at radius 3 is 2.36 bits per heavy atom. The summed E-state index contributed by atoms with van der Waals surface area (Å²) >= 11 is 3.40. The van der Waals surface area contributed by atoms with E-state index < -0.39 is 11.9 Å². The molecule has 1 aliphatic rings. The first-order valence-corrected chi connectivity index (χ1v) is 14.7. The molecule has 0 saturated carbocycles. The number of hydrazone groups is 1. The Morgan fingerprint density at radius 2 is 1.53 bits per heavy atom. The van der Waals surface area contributed by atoms with Crippen LogP contribution in [-0.2, 0) is 0 Å². The third kappa shape index (κ3) is 7.78. The molecule has 0 radical (unpaired) electrons. The summed E-state index contributed by atoms with van der Waals surface area (Å²) in [6.07, 6.45) is 1.36. The number of fused-ring (bicyclic) bond motifs is 1. The summed E-state index contributed by atoms with van der Waals surface area (Å²) < 4.78 is 28.1. The number of amides is 2. The zero-order valence-corrected chi connectivity index (χ0v) is 25.9. The van der Waals surface area contributed by atoms with E-state index in [0.29, 0.717) is 57.5 Å². The molecule has 0 aromatic heterocycles. The fraction of sp³-hybridized carbons (Fsp3) is 0.152. The van der Waals surface area contributed by atoms with Gasteiger partial charge in [-0.3, -0.25) is 9.59 Å². The first-order chi connectivity index (χ1) is 21.8. The van der Waals surface area contributed by atoms with E-state index in [1.54, 1.807) is 72.8 Å². The number of nitrogens with zero attached hydrogens (tertiary/aromatic N) is 1. The van der Waals surface area contributed by atoms with Gasteiger partial charge < -0.3 is 29.0 Å². The molecule has 2 N–H and O–H groups in total. The fourth-order valence-corrected chi connectivity index (χ4v) is 4.63. The predicted octanol–water partition coefficient (Wildman–Crippen LogP) is 6.21. The van der Waals surface area contributed by atoms with Crippen molar-refractivity contribution >= 4 is 45.6 Å². The number of carbonyl (C=O) groups excluding carboxylic acids is 3. The summed E-state index contributed by atoms with van der Waals surface area (Å²) in [7, 11) is 0. The van der Waals surface area contributed by atoms with E-state index in [2.05, 4.69) is 31.8 Å². The Morgan fingerprint density at radius 1 is 0.800 bits per heavy atom. The first-order valence-electron chi connectivity index (χ1n) is 13.9. The van der Waals surface area contributed by atoms with Crippen LogP contribution in [0.3, 0.4) is 0 Å². The summed E-state index contributed by atoms with van der Waals surface area (Å²) in [5.41, 5.74) is 4.21. The lowest BCUT2D eigenvalue weighted by Crippen LogP contribution is -2.18. The molecular weight excluding hydrogens is 646 g/mol. The van der Waals surface area contributed by atoms with Gasteiger partial charge in [0.15, 0.2) is 23.0 Å². The molecule has 1 aliphatic heterocycles. The lowest BCUT2D eigenvalue weighted by molar-refractivity contribution is 0.0733. The van der Waals surface area contributed by atoms with E-state index >= 15 is 0 Å². The van der Waals surface area contributed by atoms with Crippen LogP contribution in [0, 0.1) is 0 Å². The molecule has 11 nitrogen and oxygen atoms in total. The number of nitrogens with one attached hydrogen (secondary N) is 2. The molecule has 5 rings (SSSR count). The average Bonchev–Trinajstić information content (AvgIpc) is 3.51. The molecule has 4 aromatic carbocycles. The number of hydrogen-bond acceptors (Lipinski definition) is 9. The van der Waals surface area contributed by atoms with E-state index in [0.717, 1.165) is 0 Å². The van der Waals surface area contributed by atoms with Crippen molar-refractivity contribution in [3.8, 4) is 28.7 Å². The third-order valence-electron chi connectivity index (χ3n) is 6.34. The fourth-order valence-electron chi connectivity index (χ4n) is 4.25. The van der Waals surface area contributed by atoms with Crippen molar-refractivity contribution in [1.29, 1.82) is 0 Å². The SMILES string of the molecule is CCOc1ccc(C(=O)Nc2cccc(C(=O)NN=Cc3cc(Br)ccc3OC(=O)c3ccc4c(c3)OCO4)c2)cc1OCC. The normalized spacial score (nSPS) is 11.6. The van der Waals surface area contributed by atoms with Crippen LogP contribution in [-0.4, -0.2) is 44.0 Å². The number of esters is 1. The number of halogens is 1. The summed E-state index contributed by atoms with van der Waals surface area (Å²) in [6.45, 7) is 4.68. The third-order valence-corrected chi connectivity index (χ3v) is 6.83. The van der Waals surface area contributed by atoms with E-state index in [4.69, 9.17) is 23.7 Å². The van der Waals surface area contributed by atoms with Gasteiger partial charge in [0, 0.05) is 26.9 Å². The quantitative estimate of drug-likeness (QED) is 0.0831. The minimum Gasteiger partial charge on any atom is -0.490 e. The molecule has 0 bridgehead atoms. The van der Waals surface area contributed by atoms with Gasteiger partial charge in [0.1, 0.15) is 5.75 Å². The first kappa shape index (κ1) is 31.1. The smallest absolute Gasteiger partial charge is 0.343 e. The average molecular weight is 675 g/mol. The van der Waals surface area contributed by atoms with Crippen LogP contribution in [0.25, 0.3) is 0 Å². The Bertz CT molecular complexity index is 1780. The molecule has 0 fully saturated rings. The molecule has 0 aliphatic carbocycles. The zero-order chi connectivity index (χ0) is 31.8. The van der Waals surface area contributed by atoms with Crippen LogP contribution >= 0.6 is 15.9 Å². The Hall–Kier alpha value is -5.36. The highest BCUT2D eigenvalue weighted by atomic mass is 79.9. The Labute approximate surface area is 267 Å². The highest BCUT2D eigenvalue weighted by Gasteiger charge is 2.19. The maximum atomic E-state index is 12.9. The van der Waals surface area contributed by atoms with Gasteiger partial charge in [-0.25, -0.2) is 10.2 Å². The largest absolute Gasteiger partial charge is 0.490 e. The van der Waals surface area contributed by atoms with E-state index in [1.165, 1.54) is 12.3 Å². The molecule has 0 saturated heterocycles. The van der Waals surface area contributed by atoms with Crippen molar-refractivity contribution in [1.82, 2.24) is 5.43 Å². The maximum Gasteiger partial charge on any atom is 0.343 e.